The Bertz CT molecular complexity index is 1030. The second kappa shape index (κ2) is 16.1. The van der Waals surface area contributed by atoms with Crippen molar-refractivity contribution in [1.82, 2.24) is 4.90 Å². The van der Waals surface area contributed by atoms with Gasteiger partial charge in [0.15, 0.2) is 0 Å². The molecule has 202 valence electrons. The number of phenols is 1. The summed E-state index contributed by atoms with van der Waals surface area (Å²) in [4.78, 5) is 4.74. The van der Waals surface area contributed by atoms with Crippen LogP contribution in [0.5, 0.6) is 17.2 Å². The number of rotatable bonds is 10. The highest BCUT2D eigenvalue weighted by molar-refractivity contribution is 8.11. The minimum atomic E-state index is 0.255. The number of benzene rings is 2. The monoisotopic (exact) mass is 525 g/mol. The Morgan fingerprint density at radius 1 is 0.919 bits per heavy atom. The maximum absolute atomic E-state index is 9.67. The van der Waals surface area contributed by atoms with Crippen LogP contribution in [0.1, 0.15) is 65.9 Å². The van der Waals surface area contributed by atoms with Crippen molar-refractivity contribution in [1.29, 1.82) is 0 Å². The molecule has 0 aromatic heterocycles. The summed E-state index contributed by atoms with van der Waals surface area (Å²) in [6.07, 6.45) is 4.63. The lowest BCUT2D eigenvalue weighted by Crippen LogP contribution is -2.33. The van der Waals surface area contributed by atoms with E-state index in [0.717, 1.165) is 34.3 Å². The van der Waals surface area contributed by atoms with Crippen molar-refractivity contribution >= 4 is 16.7 Å². The van der Waals surface area contributed by atoms with E-state index >= 15 is 0 Å². The molecule has 1 fully saturated rings. The van der Waals surface area contributed by atoms with Gasteiger partial charge in [-0.2, -0.15) is 0 Å². The third-order valence-electron chi connectivity index (χ3n) is 6.04. The van der Waals surface area contributed by atoms with Gasteiger partial charge in [0.1, 0.15) is 29.6 Å². The molecule has 3 rings (SSSR count). The first-order valence-corrected chi connectivity index (χ1v) is 13.8. The summed E-state index contributed by atoms with van der Waals surface area (Å²) in [6.45, 7) is 17.5. The summed E-state index contributed by atoms with van der Waals surface area (Å²) in [5, 5.41) is 17.8. The molecule has 2 aromatic carbocycles. The van der Waals surface area contributed by atoms with Crippen LogP contribution in [0.15, 0.2) is 77.1 Å². The van der Waals surface area contributed by atoms with Gasteiger partial charge < -0.3 is 19.7 Å². The second-order valence-electron chi connectivity index (χ2n) is 9.33. The fourth-order valence-electron chi connectivity index (χ4n) is 3.50. The highest BCUT2D eigenvalue weighted by Crippen LogP contribution is 2.38. The summed E-state index contributed by atoms with van der Waals surface area (Å²) in [6, 6.07) is 15.1. The van der Waals surface area contributed by atoms with Gasteiger partial charge in [-0.3, -0.25) is 4.90 Å². The minimum absolute atomic E-state index is 0.255. The van der Waals surface area contributed by atoms with Gasteiger partial charge in [-0.05, 0) is 100 Å². The fraction of sp³-hybridized carbons (Fsp3) is 0.419. The van der Waals surface area contributed by atoms with Gasteiger partial charge in [-0.15, -0.1) is 0 Å². The highest BCUT2D eigenvalue weighted by atomic mass is 32.2. The Hall–Kier alpha value is -2.83. The van der Waals surface area contributed by atoms with Crippen LogP contribution in [0.3, 0.4) is 0 Å². The van der Waals surface area contributed by atoms with E-state index in [0.29, 0.717) is 13.0 Å². The molecule has 2 N–H and O–H groups in total. The smallest absolute Gasteiger partial charge is 0.127 e. The average Bonchev–Trinajstić information content (AvgIpc) is 2.89. The lowest BCUT2D eigenvalue weighted by atomic mass is 10.1. The van der Waals surface area contributed by atoms with Crippen LogP contribution >= 0.6 is 11.8 Å². The van der Waals surface area contributed by atoms with Gasteiger partial charge in [-0.25, -0.2) is 0 Å². The van der Waals surface area contributed by atoms with Crippen molar-refractivity contribution in [2.45, 2.75) is 60.3 Å². The first-order chi connectivity index (χ1) is 17.7. The predicted molar refractivity (Wildman–Crippen MR) is 157 cm³/mol. The maximum atomic E-state index is 9.67. The van der Waals surface area contributed by atoms with Crippen LogP contribution in [0.4, 0.5) is 0 Å². The number of aromatic hydroxyl groups is 1. The van der Waals surface area contributed by atoms with Gasteiger partial charge in [0.25, 0.3) is 0 Å². The van der Waals surface area contributed by atoms with Gasteiger partial charge in [0.2, 0.25) is 0 Å². The van der Waals surface area contributed by atoms with Crippen molar-refractivity contribution < 1.29 is 19.7 Å². The summed E-state index contributed by atoms with van der Waals surface area (Å²) >= 11 is 1.69. The van der Waals surface area contributed by atoms with Crippen LogP contribution in [0.25, 0.3) is 4.91 Å². The van der Waals surface area contributed by atoms with Crippen molar-refractivity contribution in [2.24, 2.45) is 0 Å². The van der Waals surface area contributed by atoms with Crippen LogP contribution in [0.2, 0.25) is 0 Å². The molecular weight excluding hydrogens is 482 g/mol. The molecule has 0 spiro atoms. The summed E-state index contributed by atoms with van der Waals surface area (Å²) in [5.74, 6) is 2.97. The molecule has 0 amide bonds. The van der Waals surface area contributed by atoms with E-state index in [9.17, 15) is 5.11 Å². The molecule has 37 heavy (non-hydrogen) atoms. The molecule has 1 aliphatic heterocycles. The highest BCUT2D eigenvalue weighted by Gasteiger charge is 2.12. The second-order valence-corrected chi connectivity index (χ2v) is 10.6. The molecule has 0 saturated carbocycles. The van der Waals surface area contributed by atoms with Gasteiger partial charge in [0, 0.05) is 13.0 Å². The molecule has 0 bridgehead atoms. The van der Waals surface area contributed by atoms with E-state index in [1.165, 1.54) is 42.8 Å². The Morgan fingerprint density at radius 3 is 2.03 bits per heavy atom. The molecule has 1 aliphatic rings. The number of allylic oxidation sites excluding steroid dienone is 4. The Morgan fingerprint density at radius 2 is 1.49 bits per heavy atom. The van der Waals surface area contributed by atoms with Gasteiger partial charge >= 0.3 is 0 Å². The first-order valence-electron chi connectivity index (χ1n) is 13.0. The lowest BCUT2D eigenvalue weighted by Gasteiger charge is -2.26. The largest absolute Gasteiger partial charge is 0.513 e. The third-order valence-corrected chi connectivity index (χ3v) is 7.48. The molecule has 1 saturated heterocycles. The molecule has 0 atom stereocenters. The Labute approximate surface area is 227 Å². The van der Waals surface area contributed by atoms with Crippen molar-refractivity contribution in [3.63, 3.8) is 0 Å². The number of nitrogens with zero attached hydrogens (tertiary/aromatic N) is 1. The molecule has 6 heteroatoms. The van der Waals surface area contributed by atoms with Crippen molar-refractivity contribution in [2.75, 3.05) is 26.2 Å². The first kappa shape index (κ1) is 30.4. The molecule has 5 nitrogen and oxygen atoms in total. The zero-order valence-electron chi connectivity index (χ0n) is 23.0. The van der Waals surface area contributed by atoms with E-state index in [1.54, 1.807) is 23.9 Å². The van der Waals surface area contributed by atoms with E-state index < -0.39 is 0 Å². The van der Waals surface area contributed by atoms with Crippen LogP contribution in [-0.2, 0) is 0 Å². The fourth-order valence-corrected chi connectivity index (χ4v) is 4.45. The van der Waals surface area contributed by atoms with Gasteiger partial charge in [0.05, 0.1) is 10.7 Å². The summed E-state index contributed by atoms with van der Waals surface area (Å²) in [5.41, 5.74) is 2.29. The lowest BCUT2D eigenvalue weighted by molar-refractivity contribution is 0.183. The normalized spacial score (nSPS) is 14.1. The number of aliphatic hydroxyl groups is 1. The minimum Gasteiger partial charge on any atom is -0.513 e. The molecule has 0 radical (unpaired) electrons. The Balaban J connectivity index is 0.000000877. The molecule has 1 heterocycles. The molecule has 0 unspecified atom stereocenters. The van der Waals surface area contributed by atoms with E-state index in [-0.39, 0.29) is 11.5 Å². The quantitative estimate of drug-likeness (QED) is 0.303. The number of aliphatic hydroxyl groups excluding tert-OH is 1. The van der Waals surface area contributed by atoms with E-state index in [1.807, 2.05) is 50.2 Å². The van der Waals surface area contributed by atoms with Crippen LogP contribution in [0, 0.1) is 0 Å². The molecule has 0 aliphatic carbocycles. The summed E-state index contributed by atoms with van der Waals surface area (Å²) < 4.78 is 12.1. The standard InChI is InChI=1S/C27H35NO3S.C4H8O/c1-20(2)22(4)32-27(23-8-10-24(29)11-9-23)21(3)31-26-14-12-25(13-15-26)30-19-18-28-16-6-5-7-17-28;1-3-4(2)5/h8-15,29H,5-7,16-19H2,1-4H3;5H,2-3H2,1H3/b27-21+;. The number of hydrogen-bond acceptors (Lipinski definition) is 6. The number of hydrogen-bond donors (Lipinski definition) is 2. The van der Waals surface area contributed by atoms with E-state index in [2.05, 4.69) is 32.3 Å². The number of likely N-dealkylation sites (tertiary alicyclic amines) is 1. The van der Waals surface area contributed by atoms with Gasteiger partial charge in [-0.1, -0.05) is 49.4 Å². The number of thioether (sulfide) groups is 1. The summed E-state index contributed by atoms with van der Waals surface area (Å²) in [7, 11) is 0. The topological polar surface area (TPSA) is 62.2 Å². The van der Waals surface area contributed by atoms with Crippen molar-refractivity contribution in [3.8, 4) is 17.2 Å². The predicted octanol–water partition coefficient (Wildman–Crippen LogP) is 8.54. The molecular formula is C31H43NO4S. The molecule has 2 aromatic rings. The SMILES string of the molecule is C=C(O)CC.CC(C)=C(C)S/C(=C(\C)Oc1ccc(OCCN2CCCCC2)cc1)c1ccc(O)cc1. The van der Waals surface area contributed by atoms with Crippen LogP contribution in [-0.4, -0.2) is 41.4 Å². The number of phenolic OH excluding ortho intramolecular Hbond substituents is 1. The zero-order valence-corrected chi connectivity index (χ0v) is 23.9. The average molecular weight is 526 g/mol. The van der Waals surface area contributed by atoms with E-state index in [4.69, 9.17) is 14.6 Å². The van der Waals surface area contributed by atoms with Crippen molar-refractivity contribution in [3.05, 3.63) is 82.7 Å². The zero-order chi connectivity index (χ0) is 27.2. The Kier molecular flexibility index (Phi) is 13.2. The maximum Gasteiger partial charge on any atom is 0.127 e. The third kappa shape index (κ3) is 11.4. The number of piperidine rings is 1. The number of ether oxygens (including phenoxy) is 2. The van der Waals surface area contributed by atoms with Crippen LogP contribution < -0.4 is 9.47 Å².